The highest BCUT2D eigenvalue weighted by atomic mass is 14.7. The van der Waals surface area contributed by atoms with Crippen molar-refractivity contribution in [1.29, 1.82) is 0 Å². The molecule has 10 heavy (non-hydrogen) atoms. The summed E-state index contributed by atoms with van der Waals surface area (Å²) in [4.78, 5) is 4.22. The fraction of sp³-hybridized carbons (Fsp3) is 0.333. The van der Waals surface area contributed by atoms with Crippen LogP contribution >= 0.6 is 0 Å². The van der Waals surface area contributed by atoms with Crippen LogP contribution in [0.25, 0.3) is 0 Å². The van der Waals surface area contributed by atoms with Crippen molar-refractivity contribution in [3.8, 4) is 0 Å². The first-order valence-corrected chi connectivity index (χ1v) is 3.48. The average Bonchev–Trinajstić information content (AvgIpc) is 1.88. The second kappa shape index (κ2) is 2.82. The second-order valence-electron chi connectivity index (χ2n) is 2.70. The van der Waals surface area contributed by atoms with Crippen LogP contribution in [0, 0.1) is 6.92 Å². The number of rotatable bonds is 1. The lowest BCUT2D eigenvalue weighted by atomic mass is 10.1. The van der Waals surface area contributed by atoms with E-state index in [1.54, 1.807) is 0 Å². The van der Waals surface area contributed by atoms with Crippen molar-refractivity contribution < 1.29 is 0 Å². The van der Waals surface area contributed by atoms with E-state index in [-0.39, 0.29) is 0 Å². The maximum atomic E-state index is 4.22. The van der Waals surface area contributed by atoms with E-state index in [0.717, 1.165) is 11.3 Å². The van der Waals surface area contributed by atoms with Crippen LogP contribution < -0.4 is 0 Å². The Labute approximate surface area is 62.1 Å². The van der Waals surface area contributed by atoms with Gasteiger partial charge in [0.25, 0.3) is 0 Å². The number of nitrogens with zero attached hydrogens (tertiary/aromatic N) is 1. The van der Waals surface area contributed by atoms with E-state index >= 15 is 0 Å². The molecule has 0 N–H and O–H groups in total. The Hall–Kier alpha value is -0.850. The predicted molar refractivity (Wildman–Crippen MR) is 42.8 cm³/mol. The third-order valence-corrected chi connectivity index (χ3v) is 1.47. The molecule has 0 atom stereocenters. The summed E-state index contributed by atoms with van der Waals surface area (Å²) in [5, 5.41) is 0. The Morgan fingerprint density at radius 1 is 1.50 bits per heavy atom. The molecule has 53 valence electrons. The van der Waals surface area contributed by atoms with E-state index in [0.29, 0.717) is 5.92 Å². The second-order valence-corrected chi connectivity index (χ2v) is 2.70. The van der Waals surface area contributed by atoms with Gasteiger partial charge >= 0.3 is 0 Å². The Balaban J connectivity index is 3.03. The van der Waals surface area contributed by atoms with Gasteiger partial charge in [0.2, 0.25) is 0 Å². The van der Waals surface area contributed by atoms with E-state index in [4.69, 9.17) is 0 Å². The van der Waals surface area contributed by atoms with Gasteiger partial charge in [-0.05, 0) is 24.5 Å². The van der Waals surface area contributed by atoms with Gasteiger partial charge in [0.05, 0.1) is 0 Å². The molecule has 0 aliphatic heterocycles. The Kier molecular flexibility index (Phi) is 2.05. The van der Waals surface area contributed by atoms with Crippen LogP contribution in [0.3, 0.4) is 0 Å². The van der Waals surface area contributed by atoms with Crippen LogP contribution in [0.5, 0.6) is 0 Å². The van der Waals surface area contributed by atoms with Crippen LogP contribution in [0.4, 0.5) is 0 Å². The molecule has 1 radical (unpaired) electrons. The fourth-order valence-corrected chi connectivity index (χ4v) is 0.971. The first-order chi connectivity index (χ1) is 4.72. The number of aromatic nitrogens is 1. The van der Waals surface area contributed by atoms with Gasteiger partial charge in [-0.2, -0.15) is 0 Å². The first kappa shape index (κ1) is 7.26. The van der Waals surface area contributed by atoms with Crippen molar-refractivity contribution in [2.45, 2.75) is 19.8 Å². The fourth-order valence-electron chi connectivity index (χ4n) is 0.971. The lowest BCUT2D eigenvalue weighted by Gasteiger charge is -2.05. The topological polar surface area (TPSA) is 12.9 Å². The highest BCUT2D eigenvalue weighted by molar-refractivity contribution is 5.24. The molecule has 1 heterocycles. The van der Waals surface area contributed by atoms with Crippen LogP contribution in [0.2, 0.25) is 0 Å². The lowest BCUT2D eigenvalue weighted by molar-refractivity contribution is 0.817. The van der Waals surface area contributed by atoms with Gasteiger partial charge in [-0.1, -0.05) is 19.9 Å². The summed E-state index contributed by atoms with van der Waals surface area (Å²) in [5.41, 5.74) is 2.14. The minimum atomic E-state index is 0.480. The minimum Gasteiger partial charge on any atom is -0.261 e. The molecule has 1 aromatic heterocycles. The Bertz CT molecular complexity index is 216. The van der Waals surface area contributed by atoms with E-state index in [2.05, 4.69) is 25.8 Å². The number of hydrogen-bond acceptors (Lipinski definition) is 1. The smallest absolute Gasteiger partial charge is 0.0461 e. The third-order valence-electron chi connectivity index (χ3n) is 1.47. The Morgan fingerprint density at radius 3 is 2.60 bits per heavy atom. The summed E-state index contributed by atoms with van der Waals surface area (Å²) in [6.45, 7) is 8.12. The molecule has 0 amide bonds. The molecule has 0 aromatic carbocycles. The van der Waals surface area contributed by atoms with Gasteiger partial charge in [-0.3, -0.25) is 4.98 Å². The first-order valence-electron chi connectivity index (χ1n) is 3.48. The molecular weight excluding hydrogens is 122 g/mol. The van der Waals surface area contributed by atoms with Crippen molar-refractivity contribution in [3.05, 3.63) is 36.5 Å². The zero-order valence-corrected chi connectivity index (χ0v) is 6.46. The maximum Gasteiger partial charge on any atom is 0.0461 e. The molecule has 0 saturated heterocycles. The third kappa shape index (κ3) is 1.35. The number of pyridine rings is 1. The van der Waals surface area contributed by atoms with Crippen molar-refractivity contribution >= 4 is 0 Å². The van der Waals surface area contributed by atoms with Gasteiger partial charge in [0, 0.05) is 11.9 Å². The zero-order chi connectivity index (χ0) is 7.56. The molecule has 0 spiro atoms. The molecule has 0 aliphatic rings. The molecule has 0 saturated carbocycles. The van der Waals surface area contributed by atoms with Crippen LogP contribution in [-0.4, -0.2) is 4.98 Å². The lowest BCUT2D eigenvalue weighted by Crippen LogP contribution is -1.94. The van der Waals surface area contributed by atoms with E-state index in [1.807, 2.05) is 18.3 Å². The van der Waals surface area contributed by atoms with Gasteiger partial charge in [0.1, 0.15) is 0 Å². The SMILES string of the molecule is [CH2]c1cccnc1C(C)C. The van der Waals surface area contributed by atoms with Gasteiger partial charge in [-0.15, -0.1) is 0 Å². The van der Waals surface area contributed by atoms with Crippen LogP contribution in [0.15, 0.2) is 18.3 Å². The van der Waals surface area contributed by atoms with Crippen molar-refractivity contribution in [2.24, 2.45) is 0 Å². The predicted octanol–water partition coefficient (Wildman–Crippen LogP) is 2.39. The highest BCUT2D eigenvalue weighted by Crippen LogP contribution is 2.14. The summed E-state index contributed by atoms with van der Waals surface area (Å²) in [6, 6.07) is 3.90. The van der Waals surface area contributed by atoms with Crippen LogP contribution in [-0.2, 0) is 0 Å². The number of hydrogen-bond donors (Lipinski definition) is 0. The molecule has 0 fully saturated rings. The molecule has 1 rings (SSSR count). The molecule has 0 bridgehead atoms. The normalized spacial score (nSPS) is 10.4. The van der Waals surface area contributed by atoms with Crippen LogP contribution in [0.1, 0.15) is 31.0 Å². The molecular formula is C9H12N. The quantitative estimate of drug-likeness (QED) is 0.574. The largest absolute Gasteiger partial charge is 0.261 e. The van der Waals surface area contributed by atoms with Crippen molar-refractivity contribution in [3.63, 3.8) is 0 Å². The molecule has 1 aromatic rings. The summed E-state index contributed by atoms with van der Waals surface area (Å²) < 4.78 is 0. The standard InChI is InChI=1S/C9H12N/c1-7(2)9-8(3)5-4-6-10-9/h4-7H,3H2,1-2H3. The highest BCUT2D eigenvalue weighted by Gasteiger charge is 2.01. The summed E-state index contributed by atoms with van der Waals surface area (Å²) in [5.74, 6) is 0.480. The van der Waals surface area contributed by atoms with Gasteiger partial charge in [0.15, 0.2) is 0 Å². The maximum absolute atomic E-state index is 4.22. The van der Waals surface area contributed by atoms with E-state index < -0.39 is 0 Å². The molecule has 1 heteroatoms. The summed E-state index contributed by atoms with van der Waals surface area (Å²) in [6.07, 6.45) is 1.81. The van der Waals surface area contributed by atoms with E-state index in [9.17, 15) is 0 Å². The van der Waals surface area contributed by atoms with E-state index in [1.165, 1.54) is 0 Å². The molecule has 0 aliphatic carbocycles. The molecule has 1 nitrogen and oxygen atoms in total. The summed E-state index contributed by atoms with van der Waals surface area (Å²) >= 11 is 0. The average molecular weight is 134 g/mol. The zero-order valence-electron chi connectivity index (χ0n) is 6.46. The van der Waals surface area contributed by atoms with Crippen molar-refractivity contribution in [1.82, 2.24) is 4.98 Å². The molecule has 0 unspecified atom stereocenters. The van der Waals surface area contributed by atoms with Gasteiger partial charge in [-0.25, -0.2) is 0 Å². The minimum absolute atomic E-state index is 0.480. The Morgan fingerprint density at radius 2 is 2.20 bits per heavy atom. The monoisotopic (exact) mass is 134 g/mol. The van der Waals surface area contributed by atoms with Gasteiger partial charge < -0.3 is 0 Å². The van der Waals surface area contributed by atoms with Crippen molar-refractivity contribution in [2.75, 3.05) is 0 Å². The summed E-state index contributed by atoms with van der Waals surface area (Å²) in [7, 11) is 0.